The van der Waals surface area contributed by atoms with E-state index in [2.05, 4.69) is 10.4 Å². The molecule has 0 saturated heterocycles. The Balaban J connectivity index is 1.37. The van der Waals surface area contributed by atoms with Gasteiger partial charge in [0.2, 0.25) is 5.91 Å². The average molecular weight is 443 g/mol. The van der Waals surface area contributed by atoms with Gasteiger partial charge >= 0.3 is 5.97 Å². The van der Waals surface area contributed by atoms with Gasteiger partial charge in [-0.2, -0.15) is 5.10 Å². The number of carbonyl (C=O) groups is 3. The van der Waals surface area contributed by atoms with E-state index in [4.69, 9.17) is 9.47 Å². The van der Waals surface area contributed by atoms with Crippen LogP contribution in [-0.2, 0) is 19.1 Å². The van der Waals surface area contributed by atoms with E-state index in [1.54, 1.807) is 60.7 Å². The zero-order valence-corrected chi connectivity index (χ0v) is 17.6. The number of para-hydroxylation sites is 4. The van der Waals surface area contributed by atoms with Crippen LogP contribution in [0.25, 0.3) is 0 Å². The second-order valence-corrected chi connectivity index (χ2v) is 7.12. The third-order valence-corrected chi connectivity index (χ3v) is 4.74. The van der Waals surface area contributed by atoms with E-state index in [0.29, 0.717) is 22.9 Å². The van der Waals surface area contributed by atoms with Gasteiger partial charge in [-0.1, -0.05) is 48.5 Å². The van der Waals surface area contributed by atoms with Crippen LogP contribution in [0.2, 0.25) is 0 Å². The number of carbonyl (C=O) groups excluding carboxylic acids is 3. The number of amides is 2. The van der Waals surface area contributed by atoms with Crippen LogP contribution in [0.4, 0.5) is 11.4 Å². The number of hydrogen-bond donors (Lipinski definition) is 1. The van der Waals surface area contributed by atoms with Gasteiger partial charge in [0.05, 0.1) is 11.4 Å². The molecule has 0 saturated carbocycles. The molecule has 4 rings (SSSR count). The molecule has 8 heteroatoms. The minimum atomic E-state index is -0.743. The van der Waals surface area contributed by atoms with Crippen LogP contribution >= 0.6 is 0 Å². The molecule has 1 aliphatic heterocycles. The second kappa shape index (κ2) is 10.2. The topological polar surface area (TPSA) is 97.3 Å². The van der Waals surface area contributed by atoms with E-state index >= 15 is 0 Å². The standard InChI is InChI=1S/C25H21N3O5/c29-23(26-20-13-7-8-14-22(20)33-19-11-5-2-6-12-19)17-32-25(31)21-15-16-24(30)28(27-21)18-9-3-1-4-10-18/h1-14H,15-17H2,(H,26,29). The van der Waals surface area contributed by atoms with E-state index in [-0.39, 0.29) is 24.5 Å². The van der Waals surface area contributed by atoms with Crippen molar-refractivity contribution in [3.63, 3.8) is 0 Å². The van der Waals surface area contributed by atoms with Crippen molar-refractivity contribution in [2.75, 3.05) is 16.9 Å². The molecule has 0 spiro atoms. The molecule has 0 unspecified atom stereocenters. The second-order valence-electron chi connectivity index (χ2n) is 7.12. The molecule has 1 aliphatic rings. The highest BCUT2D eigenvalue weighted by Crippen LogP contribution is 2.29. The molecule has 2 amide bonds. The SMILES string of the molecule is O=C(COC(=O)C1=NN(c2ccccc2)C(=O)CC1)Nc1ccccc1Oc1ccccc1. The van der Waals surface area contributed by atoms with E-state index in [0.717, 1.165) is 0 Å². The zero-order chi connectivity index (χ0) is 23.0. The molecular formula is C25H21N3O5. The fourth-order valence-electron chi connectivity index (χ4n) is 3.15. The van der Waals surface area contributed by atoms with Gasteiger partial charge in [0.15, 0.2) is 12.4 Å². The number of nitrogens with zero attached hydrogens (tertiary/aromatic N) is 2. The average Bonchev–Trinajstić information content (AvgIpc) is 2.85. The van der Waals surface area contributed by atoms with Gasteiger partial charge in [-0.15, -0.1) is 0 Å². The molecule has 3 aromatic carbocycles. The minimum absolute atomic E-state index is 0.0825. The van der Waals surface area contributed by atoms with E-state index < -0.39 is 18.5 Å². The Bertz CT molecular complexity index is 1180. The Morgan fingerprint density at radius 2 is 1.55 bits per heavy atom. The molecule has 0 fully saturated rings. The summed E-state index contributed by atoms with van der Waals surface area (Å²) in [6, 6.07) is 24.9. The molecular weight excluding hydrogens is 422 g/mol. The summed E-state index contributed by atoms with van der Waals surface area (Å²) < 4.78 is 10.9. The van der Waals surface area contributed by atoms with Gasteiger partial charge in [0.25, 0.3) is 5.91 Å². The molecule has 0 bridgehead atoms. The summed E-state index contributed by atoms with van der Waals surface area (Å²) in [5.74, 6) is -0.409. The lowest BCUT2D eigenvalue weighted by Gasteiger charge is -2.22. The first-order valence-electron chi connectivity index (χ1n) is 10.3. The predicted octanol–water partition coefficient (Wildman–Crippen LogP) is 4.14. The van der Waals surface area contributed by atoms with Gasteiger partial charge < -0.3 is 14.8 Å². The van der Waals surface area contributed by atoms with Crippen molar-refractivity contribution in [1.29, 1.82) is 0 Å². The third-order valence-electron chi connectivity index (χ3n) is 4.74. The number of anilines is 2. The van der Waals surface area contributed by atoms with Crippen molar-refractivity contribution >= 4 is 34.9 Å². The molecule has 0 aliphatic carbocycles. The lowest BCUT2D eigenvalue weighted by molar-refractivity contribution is -0.140. The number of benzene rings is 3. The zero-order valence-electron chi connectivity index (χ0n) is 17.6. The Morgan fingerprint density at radius 3 is 2.30 bits per heavy atom. The molecule has 0 atom stereocenters. The number of hydrazone groups is 1. The first-order chi connectivity index (χ1) is 16.1. The van der Waals surface area contributed by atoms with Crippen molar-refractivity contribution in [2.45, 2.75) is 12.8 Å². The number of nitrogens with one attached hydrogen (secondary N) is 1. The lowest BCUT2D eigenvalue weighted by Crippen LogP contribution is -2.35. The van der Waals surface area contributed by atoms with Crippen LogP contribution in [-0.4, -0.2) is 30.1 Å². The van der Waals surface area contributed by atoms with Gasteiger partial charge in [0, 0.05) is 12.8 Å². The largest absolute Gasteiger partial charge is 0.455 e. The normalized spacial score (nSPS) is 13.2. The van der Waals surface area contributed by atoms with Crippen molar-refractivity contribution in [1.82, 2.24) is 0 Å². The van der Waals surface area contributed by atoms with Crippen LogP contribution in [0, 0.1) is 0 Å². The summed E-state index contributed by atoms with van der Waals surface area (Å²) in [6.45, 7) is -0.503. The molecule has 1 heterocycles. The third kappa shape index (κ3) is 5.62. The van der Waals surface area contributed by atoms with Crippen LogP contribution in [0.1, 0.15) is 12.8 Å². The maximum absolute atomic E-state index is 12.5. The smallest absolute Gasteiger partial charge is 0.355 e. The van der Waals surface area contributed by atoms with E-state index in [9.17, 15) is 14.4 Å². The molecule has 1 N–H and O–H groups in total. The lowest BCUT2D eigenvalue weighted by atomic mass is 10.1. The van der Waals surface area contributed by atoms with E-state index in [1.807, 2.05) is 24.3 Å². The maximum Gasteiger partial charge on any atom is 0.355 e. The Morgan fingerprint density at radius 1 is 0.879 bits per heavy atom. The fraction of sp³-hybridized carbons (Fsp3) is 0.120. The quantitative estimate of drug-likeness (QED) is 0.554. The maximum atomic E-state index is 12.5. The van der Waals surface area contributed by atoms with Crippen molar-refractivity contribution in [2.24, 2.45) is 5.10 Å². The Hall–Kier alpha value is -4.46. The first kappa shape index (κ1) is 21.8. The number of rotatable bonds is 7. The van der Waals surface area contributed by atoms with Crippen LogP contribution < -0.4 is 15.1 Å². The molecule has 33 heavy (non-hydrogen) atoms. The van der Waals surface area contributed by atoms with Crippen LogP contribution in [0.5, 0.6) is 11.5 Å². The van der Waals surface area contributed by atoms with Crippen molar-refractivity contribution in [3.05, 3.63) is 84.9 Å². The van der Waals surface area contributed by atoms with Crippen molar-refractivity contribution < 1.29 is 23.9 Å². The van der Waals surface area contributed by atoms with E-state index in [1.165, 1.54) is 5.01 Å². The number of ether oxygens (including phenoxy) is 2. The number of hydrogen-bond acceptors (Lipinski definition) is 6. The molecule has 166 valence electrons. The highest BCUT2D eigenvalue weighted by molar-refractivity contribution is 6.38. The predicted molar refractivity (Wildman–Crippen MR) is 123 cm³/mol. The molecule has 8 nitrogen and oxygen atoms in total. The summed E-state index contributed by atoms with van der Waals surface area (Å²) in [6.07, 6.45) is 0.273. The summed E-state index contributed by atoms with van der Waals surface area (Å²) >= 11 is 0. The van der Waals surface area contributed by atoms with Gasteiger partial charge in [0.1, 0.15) is 11.5 Å². The van der Waals surface area contributed by atoms with Gasteiger partial charge in [-0.05, 0) is 36.4 Å². The fourth-order valence-corrected chi connectivity index (χ4v) is 3.15. The monoisotopic (exact) mass is 443 g/mol. The number of esters is 1. The van der Waals surface area contributed by atoms with Gasteiger partial charge in [-0.25, -0.2) is 9.80 Å². The highest BCUT2D eigenvalue weighted by atomic mass is 16.5. The first-order valence-corrected chi connectivity index (χ1v) is 10.3. The molecule has 3 aromatic rings. The Kier molecular flexibility index (Phi) is 6.75. The summed E-state index contributed by atoms with van der Waals surface area (Å²) in [4.78, 5) is 37.0. The summed E-state index contributed by atoms with van der Waals surface area (Å²) in [5.41, 5.74) is 1.08. The van der Waals surface area contributed by atoms with Crippen molar-refractivity contribution in [3.8, 4) is 11.5 Å². The highest BCUT2D eigenvalue weighted by Gasteiger charge is 2.26. The molecule has 0 aromatic heterocycles. The minimum Gasteiger partial charge on any atom is -0.455 e. The molecule has 0 radical (unpaired) electrons. The summed E-state index contributed by atoms with van der Waals surface area (Å²) in [5, 5.41) is 7.99. The van der Waals surface area contributed by atoms with Crippen LogP contribution in [0.15, 0.2) is 90.0 Å². The van der Waals surface area contributed by atoms with Crippen LogP contribution in [0.3, 0.4) is 0 Å². The Labute approximate surface area is 190 Å². The summed E-state index contributed by atoms with van der Waals surface area (Å²) in [7, 11) is 0. The van der Waals surface area contributed by atoms with Gasteiger partial charge in [-0.3, -0.25) is 9.59 Å².